The first-order valence-corrected chi connectivity index (χ1v) is 10.1. The molecule has 1 aliphatic carbocycles. The zero-order valence-corrected chi connectivity index (χ0v) is 16.9. The lowest BCUT2D eigenvalue weighted by Crippen LogP contribution is -2.54. The largest absolute Gasteiger partial charge is 0.373 e. The Kier molecular flexibility index (Phi) is 5.82. The van der Waals surface area contributed by atoms with Crippen LogP contribution in [0.15, 0.2) is 78.9 Å². The number of nitrogens with one attached hydrogen (secondary N) is 1. The Morgan fingerprint density at radius 2 is 1.61 bits per heavy atom. The maximum atomic E-state index is 13.5. The predicted octanol–water partition coefficient (Wildman–Crippen LogP) is 4.18. The molecule has 5 nitrogen and oxygen atoms in total. The highest BCUT2D eigenvalue weighted by Gasteiger charge is 2.52. The SMILES string of the molecule is NC(=O)c1ccccc1NC(=O)C1(c2ccc(F)cc2)CC(OCc2ccccc2)C1. The molecule has 0 radical (unpaired) electrons. The summed E-state index contributed by atoms with van der Waals surface area (Å²) in [5.41, 5.74) is 6.93. The van der Waals surface area contributed by atoms with E-state index in [4.69, 9.17) is 10.5 Å². The topological polar surface area (TPSA) is 81.4 Å². The van der Waals surface area contributed by atoms with Crippen molar-refractivity contribution in [2.45, 2.75) is 31.0 Å². The number of halogens is 1. The Balaban J connectivity index is 1.54. The average molecular weight is 418 g/mol. The van der Waals surface area contributed by atoms with E-state index in [0.29, 0.717) is 30.7 Å². The number of benzene rings is 3. The molecule has 1 saturated carbocycles. The molecule has 0 bridgehead atoms. The van der Waals surface area contributed by atoms with Gasteiger partial charge in [0, 0.05) is 0 Å². The summed E-state index contributed by atoms with van der Waals surface area (Å²) in [6, 6.07) is 22.4. The maximum Gasteiger partial charge on any atom is 0.250 e. The van der Waals surface area contributed by atoms with Gasteiger partial charge in [0.05, 0.1) is 29.4 Å². The highest BCUT2D eigenvalue weighted by atomic mass is 19.1. The van der Waals surface area contributed by atoms with Crippen LogP contribution in [0.3, 0.4) is 0 Å². The van der Waals surface area contributed by atoms with Gasteiger partial charge in [-0.1, -0.05) is 54.6 Å². The van der Waals surface area contributed by atoms with Crippen molar-refractivity contribution in [2.24, 2.45) is 5.73 Å². The highest BCUT2D eigenvalue weighted by Crippen LogP contribution is 2.46. The fourth-order valence-corrected chi connectivity index (χ4v) is 3.99. The monoisotopic (exact) mass is 418 g/mol. The maximum absolute atomic E-state index is 13.5. The molecule has 0 aliphatic heterocycles. The third-order valence-electron chi connectivity index (χ3n) is 5.75. The minimum atomic E-state index is -0.875. The van der Waals surface area contributed by atoms with Crippen LogP contribution >= 0.6 is 0 Å². The lowest BCUT2D eigenvalue weighted by Gasteiger charge is -2.46. The Labute approximate surface area is 180 Å². The molecule has 158 valence electrons. The summed E-state index contributed by atoms with van der Waals surface area (Å²) < 4.78 is 19.5. The van der Waals surface area contributed by atoms with E-state index in [0.717, 1.165) is 5.56 Å². The van der Waals surface area contributed by atoms with Crippen LogP contribution in [0.25, 0.3) is 0 Å². The molecule has 2 amide bonds. The van der Waals surface area contributed by atoms with Crippen LogP contribution in [-0.2, 0) is 21.6 Å². The summed E-state index contributed by atoms with van der Waals surface area (Å²) in [4.78, 5) is 25.1. The third kappa shape index (κ3) is 4.34. The van der Waals surface area contributed by atoms with E-state index in [1.165, 1.54) is 12.1 Å². The van der Waals surface area contributed by atoms with E-state index in [1.54, 1.807) is 36.4 Å². The van der Waals surface area contributed by atoms with Crippen LogP contribution in [0.1, 0.15) is 34.3 Å². The van der Waals surface area contributed by atoms with Crippen molar-refractivity contribution in [2.75, 3.05) is 5.32 Å². The Bertz CT molecular complexity index is 1080. The van der Waals surface area contributed by atoms with Gasteiger partial charge in [0.2, 0.25) is 5.91 Å². The zero-order valence-electron chi connectivity index (χ0n) is 16.9. The molecule has 4 rings (SSSR count). The number of nitrogens with two attached hydrogens (primary N) is 1. The predicted molar refractivity (Wildman–Crippen MR) is 116 cm³/mol. The smallest absolute Gasteiger partial charge is 0.250 e. The van der Waals surface area contributed by atoms with Gasteiger partial charge in [-0.3, -0.25) is 9.59 Å². The van der Waals surface area contributed by atoms with E-state index in [1.807, 2.05) is 30.3 Å². The Hall–Kier alpha value is -3.51. The number of ether oxygens (including phenoxy) is 1. The van der Waals surface area contributed by atoms with Crippen LogP contribution in [-0.4, -0.2) is 17.9 Å². The van der Waals surface area contributed by atoms with Gasteiger partial charge in [-0.05, 0) is 48.2 Å². The minimum absolute atomic E-state index is 0.109. The van der Waals surface area contributed by atoms with Crippen molar-refractivity contribution in [1.29, 1.82) is 0 Å². The first-order chi connectivity index (χ1) is 15.0. The summed E-state index contributed by atoms with van der Waals surface area (Å²) in [6.07, 6.45) is 0.800. The van der Waals surface area contributed by atoms with E-state index in [2.05, 4.69) is 5.32 Å². The number of carbonyl (C=O) groups is 2. The number of carbonyl (C=O) groups excluding carboxylic acids is 2. The van der Waals surface area contributed by atoms with Crippen molar-refractivity contribution in [1.82, 2.24) is 0 Å². The van der Waals surface area contributed by atoms with Crippen LogP contribution < -0.4 is 11.1 Å². The molecule has 1 aliphatic rings. The molecular weight excluding hydrogens is 395 g/mol. The molecule has 3 aromatic rings. The summed E-state index contributed by atoms with van der Waals surface area (Å²) in [7, 11) is 0. The fraction of sp³-hybridized carbons (Fsp3) is 0.200. The first-order valence-electron chi connectivity index (χ1n) is 10.1. The molecule has 6 heteroatoms. The molecule has 0 unspecified atom stereocenters. The minimum Gasteiger partial charge on any atom is -0.373 e. The lowest BCUT2D eigenvalue weighted by atomic mass is 9.62. The second-order valence-corrected chi connectivity index (χ2v) is 7.78. The van der Waals surface area contributed by atoms with Crippen LogP contribution in [0.4, 0.5) is 10.1 Å². The summed E-state index contributed by atoms with van der Waals surface area (Å²) in [5.74, 6) is -1.26. The van der Waals surface area contributed by atoms with Crippen molar-refractivity contribution < 1.29 is 18.7 Å². The molecule has 0 saturated heterocycles. The van der Waals surface area contributed by atoms with Crippen molar-refractivity contribution in [3.63, 3.8) is 0 Å². The number of anilines is 1. The van der Waals surface area contributed by atoms with Gasteiger partial charge in [0.1, 0.15) is 5.82 Å². The highest BCUT2D eigenvalue weighted by molar-refractivity contribution is 6.06. The van der Waals surface area contributed by atoms with Crippen molar-refractivity contribution in [3.05, 3.63) is 101 Å². The lowest BCUT2D eigenvalue weighted by molar-refractivity contribution is -0.133. The molecule has 3 aromatic carbocycles. The van der Waals surface area contributed by atoms with Gasteiger partial charge < -0.3 is 15.8 Å². The van der Waals surface area contributed by atoms with Gasteiger partial charge in [0.25, 0.3) is 5.91 Å². The standard InChI is InChI=1S/C25H23FN2O3/c26-19-12-10-18(11-13-19)25(14-20(15-25)31-16-17-6-2-1-3-7-17)24(30)28-22-9-5-4-8-21(22)23(27)29/h1-13,20H,14-16H2,(H2,27,29)(H,28,30). The van der Waals surface area contributed by atoms with Crippen LogP contribution in [0.2, 0.25) is 0 Å². The molecule has 0 heterocycles. The summed E-state index contributed by atoms with van der Waals surface area (Å²) in [6.45, 7) is 0.455. The summed E-state index contributed by atoms with van der Waals surface area (Å²) in [5, 5.41) is 2.85. The molecule has 0 spiro atoms. The van der Waals surface area contributed by atoms with Gasteiger partial charge in [0.15, 0.2) is 0 Å². The zero-order chi connectivity index (χ0) is 21.8. The van der Waals surface area contributed by atoms with E-state index < -0.39 is 11.3 Å². The van der Waals surface area contributed by atoms with E-state index >= 15 is 0 Å². The molecule has 1 fully saturated rings. The molecule has 3 N–H and O–H groups in total. The Morgan fingerprint density at radius 1 is 0.968 bits per heavy atom. The third-order valence-corrected chi connectivity index (χ3v) is 5.75. The van der Waals surface area contributed by atoms with Gasteiger partial charge in [-0.25, -0.2) is 4.39 Å². The van der Waals surface area contributed by atoms with E-state index in [9.17, 15) is 14.0 Å². The molecular formula is C25H23FN2O3. The van der Waals surface area contributed by atoms with Crippen molar-refractivity contribution >= 4 is 17.5 Å². The Morgan fingerprint density at radius 3 is 2.29 bits per heavy atom. The molecule has 31 heavy (non-hydrogen) atoms. The van der Waals surface area contributed by atoms with Gasteiger partial charge >= 0.3 is 0 Å². The normalized spacial score (nSPS) is 20.0. The number of hydrogen-bond donors (Lipinski definition) is 2. The van der Waals surface area contributed by atoms with Crippen LogP contribution in [0.5, 0.6) is 0 Å². The number of hydrogen-bond acceptors (Lipinski definition) is 3. The van der Waals surface area contributed by atoms with Gasteiger partial charge in [-0.15, -0.1) is 0 Å². The quantitative estimate of drug-likeness (QED) is 0.604. The number of amides is 2. The average Bonchev–Trinajstić information content (AvgIpc) is 2.75. The summed E-state index contributed by atoms with van der Waals surface area (Å²) >= 11 is 0. The van der Waals surface area contributed by atoms with E-state index in [-0.39, 0.29) is 23.4 Å². The van der Waals surface area contributed by atoms with Crippen molar-refractivity contribution in [3.8, 4) is 0 Å². The molecule has 0 aromatic heterocycles. The fourth-order valence-electron chi connectivity index (χ4n) is 3.99. The molecule has 0 atom stereocenters. The number of rotatable bonds is 7. The number of primary amides is 1. The second kappa shape index (κ2) is 8.70. The van der Waals surface area contributed by atoms with Crippen LogP contribution in [0, 0.1) is 5.82 Å². The number of para-hydroxylation sites is 1. The first kappa shape index (κ1) is 20.8. The van der Waals surface area contributed by atoms with Gasteiger partial charge in [-0.2, -0.15) is 0 Å². The second-order valence-electron chi connectivity index (χ2n) is 7.78.